The molecule has 17 heavy (non-hydrogen) atoms. The van der Waals surface area contributed by atoms with E-state index >= 15 is 0 Å². The van der Waals surface area contributed by atoms with Crippen LogP contribution >= 0.6 is 0 Å². The van der Waals surface area contributed by atoms with Crippen LogP contribution in [0.25, 0.3) is 0 Å². The van der Waals surface area contributed by atoms with Gasteiger partial charge in [0, 0.05) is 18.8 Å². The SMILES string of the molecule is COC(=O)CN(C)c1ccc(OC)c(OC)c1. The first-order chi connectivity index (χ1) is 8.12. The van der Waals surface area contributed by atoms with E-state index in [2.05, 4.69) is 4.74 Å². The van der Waals surface area contributed by atoms with E-state index in [1.54, 1.807) is 32.2 Å². The number of nitrogens with zero attached hydrogens (tertiary/aromatic N) is 1. The lowest BCUT2D eigenvalue weighted by Gasteiger charge is -2.19. The van der Waals surface area contributed by atoms with Gasteiger partial charge in [0.05, 0.1) is 21.3 Å². The van der Waals surface area contributed by atoms with Gasteiger partial charge in [-0.25, -0.2) is 0 Å². The maximum absolute atomic E-state index is 11.2. The van der Waals surface area contributed by atoms with Crippen molar-refractivity contribution in [3.63, 3.8) is 0 Å². The Morgan fingerprint density at radius 1 is 1.18 bits per heavy atom. The van der Waals surface area contributed by atoms with E-state index in [9.17, 15) is 4.79 Å². The Kier molecular flexibility index (Phi) is 4.63. The summed E-state index contributed by atoms with van der Waals surface area (Å²) in [4.78, 5) is 12.9. The lowest BCUT2D eigenvalue weighted by atomic mass is 10.2. The fourth-order valence-electron chi connectivity index (χ4n) is 1.41. The van der Waals surface area contributed by atoms with Gasteiger partial charge in [-0.15, -0.1) is 0 Å². The molecule has 0 radical (unpaired) electrons. The molecule has 0 aromatic heterocycles. The molecule has 0 bridgehead atoms. The first kappa shape index (κ1) is 13.2. The van der Waals surface area contributed by atoms with Gasteiger partial charge in [-0.05, 0) is 12.1 Å². The zero-order valence-electron chi connectivity index (χ0n) is 10.5. The highest BCUT2D eigenvalue weighted by Gasteiger charge is 2.10. The molecule has 1 aromatic carbocycles. The van der Waals surface area contributed by atoms with E-state index in [-0.39, 0.29) is 12.5 Å². The van der Waals surface area contributed by atoms with Crippen LogP contribution in [0.1, 0.15) is 0 Å². The number of hydrogen-bond acceptors (Lipinski definition) is 5. The van der Waals surface area contributed by atoms with Crippen molar-refractivity contribution in [1.82, 2.24) is 0 Å². The van der Waals surface area contributed by atoms with Gasteiger partial charge in [-0.1, -0.05) is 0 Å². The summed E-state index contributed by atoms with van der Waals surface area (Å²) in [5, 5.41) is 0. The summed E-state index contributed by atoms with van der Waals surface area (Å²) in [6, 6.07) is 5.45. The lowest BCUT2D eigenvalue weighted by Crippen LogP contribution is -2.26. The normalized spacial score (nSPS) is 9.65. The van der Waals surface area contributed by atoms with Crippen LogP contribution in [-0.4, -0.2) is 40.9 Å². The number of esters is 1. The third kappa shape index (κ3) is 3.27. The van der Waals surface area contributed by atoms with Gasteiger partial charge >= 0.3 is 5.97 Å². The van der Waals surface area contributed by atoms with E-state index in [4.69, 9.17) is 9.47 Å². The van der Waals surface area contributed by atoms with Gasteiger partial charge in [-0.2, -0.15) is 0 Å². The van der Waals surface area contributed by atoms with Crippen LogP contribution in [0.4, 0.5) is 5.69 Å². The van der Waals surface area contributed by atoms with Crippen molar-refractivity contribution in [2.45, 2.75) is 0 Å². The molecule has 1 rings (SSSR count). The van der Waals surface area contributed by atoms with Crippen molar-refractivity contribution in [2.75, 3.05) is 39.8 Å². The van der Waals surface area contributed by atoms with Crippen molar-refractivity contribution in [3.8, 4) is 11.5 Å². The number of methoxy groups -OCH3 is 3. The Balaban J connectivity index is 2.87. The maximum Gasteiger partial charge on any atom is 0.325 e. The smallest absolute Gasteiger partial charge is 0.325 e. The Hall–Kier alpha value is -1.91. The highest BCUT2D eigenvalue weighted by molar-refractivity contribution is 5.75. The Morgan fingerprint density at radius 3 is 2.35 bits per heavy atom. The molecule has 0 N–H and O–H groups in total. The minimum atomic E-state index is -0.290. The van der Waals surface area contributed by atoms with E-state index in [1.807, 2.05) is 12.1 Å². The molecule has 0 aliphatic carbocycles. The fourth-order valence-corrected chi connectivity index (χ4v) is 1.41. The Bertz CT molecular complexity index is 392. The number of likely N-dealkylation sites (N-methyl/N-ethyl adjacent to an activating group) is 1. The van der Waals surface area contributed by atoms with Crippen molar-refractivity contribution in [3.05, 3.63) is 18.2 Å². The van der Waals surface area contributed by atoms with Crippen LogP contribution in [0.15, 0.2) is 18.2 Å². The van der Waals surface area contributed by atoms with E-state index in [1.165, 1.54) is 7.11 Å². The lowest BCUT2D eigenvalue weighted by molar-refractivity contribution is -0.138. The van der Waals surface area contributed by atoms with Gasteiger partial charge in [0.15, 0.2) is 11.5 Å². The third-order valence-electron chi connectivity index (χ3n) is 2.40. The number of carbonyl (C=O) groups excluding carboxylic acids is 1. The van der Waals surface area contributed by atoms with Crippen LogP contribution in [-0.2, 0) is 9.53 Å². The molecule has 94 valence electrons. The summed E-state index contributed by atoms with van der Waals surface area (Å²) in [7, 11) is 6.32. The first-order valence-corrected chi connectivity index (χ1v) is 5.12. The molecule has 1 aromatic rings. The van der Waals surface area contributed by atoms with Gasteiger partial charge in [-0.3, -0.25) is 4.79 Å². The Morgan fingerprint density at radius 2 is 1.82 bits per heavy atom. The summed E-state index contributed by atoms with van der Waals surface area (Å²) < 4.78 is 14.9. The molecule has 0 unspecified atom stereocenters. The second-order valence-electron chi connectivity index (χ2n) is 3.47. The average molecular weight is 239 g/mol. The topological polar surface area (TPSA) is 48.0 Å². The molecule has 0 fully saturated rings. The zero-order chi connectivity index (χ0) is 12.8. The summed E-state index contributed by atoms with van der Waals surface area (Å²) in [6.07, 6.45) is 0. The molecule has 0 amide bonds. The van der Waals surface area contributed by atoms with Crippen LogP contribution in [0, 0.1) is 0 Å². The standard InChI is InChI=1S/C12H17NO4/c1-13(8-12(14)17-4)9-5-6-10(15-2)11(7-9)16-3/h5-7H,8H2,1-4H3. The molecular weight excluding hydrogens is 222 g/mol. The molecule has 0 spiro atoms. The molecule has 0 aliphatic heterocycles. The van der Waals surface area contributed by atoms with Gasteiger partial charge < -0.3 is 19.1 Å². The summed E-state index contributed by atoms with van der Waals surface area (Å²) in [5.41, 5.74) is 0.855. The number of ether oxygens (including phenoxy) is 3. The van der Waals surface area contributed by atoms with Crippen LogP contribution in [0.5, 0.6) is 11.5 Å². The molecular formula is C12H17NO4. The minimum Gasteiger partial charge on any atom is -0.493 e. The third-order valence-corrected chi connectivity index (χ3v) is 2.40. The molecule has 0 heterocycles. The molecule has 0 saturated carbocycles. The molecule has 0 atom stereocenters. The second kappa shape index (κ2) is 5.98. The van der Waals surface area contributed by atoms with Crippen LogP contribution < -0.4 is 14.4 Å². The summed E-state index contributed by atoms with van der Waals surface area (Å²) in [5.74, 6) is 0.992. The monoisotopic (exact) mass is 239 g/mol. The molecule has 0 saturated heterocycles. The summed E-state index contributed by atoms with van der Waals surface area (Å²) >= 11 is 0. The highest BCUT2D eigenvalue weighted by Crippen LogP contribution is 2.30. The summed E-state index contributed by atoms with van der Waals surface area (Å²) in [6.45, 7) is 0.186. The number of benzene rings is 1. The van der Waals surface area contributed by atoms with E-state index in [0.717, 1.165) is 5.69 Å². The number of rotatable bonds is 5. The number of hydrogen-bond donors (Lipinski definition) is 0. The van der Waals surface area contributed by atoms with Crippen LogP contribution in [0.3, 0.4) is 0 Å². The highest BCUT2D eigenvalue weighted by atomic mass is 16.5. The number of anilines is 1. The van der Waals surface area contributed by atoms with Crippen molar-refractivity contribution >= 4 is 11.7 Å². The number of carbonyl (C=O) groups is 1. The predicted octanol–water partition coefficient (Wildman–Crippen LogP) is 1.31. The molecule has 5 heteroatoms. The maximum atomic E-state index is 11.2. The molecule has 0 aliphatic rings. The fraction of sp³-hybridized carbons (Fsp3) is 0.417. The van der Waals surface area contributed by atoms with Crippen molar-refractivity contribution in [1.29, 1.82) is 0 Å². The average Bonchev–Trinajstić information content (AvgIpc) is 2.37. The minimum absolute atomic E-state index is 0.186. The van der Waals surface area contributed by atoms with Crippen molar-refractivity contribution in [2.24, 2.45) is 0 Å². The van der Waals surface area contributed by atoms with E-state index < -0.39 is 0 Å². The van der Waals surface area contributed by atoms with Gasteiger partial charge in [0.1, 0.15) is 6.54 Å². The largest absolute Gasteiger partial charge is 0.493 e. The first-order valence-electron chi connectivity index (χ1n) is 5.12. The van der Waals surface area contributed by atoms with Gasteiger partial charge in [0.2, 0.25) is 0 Å². The van der Waals surface area contributed by atoms with E-state index in [0.29, 0.717) is 11.5 Å². The van der Waals surface area contributed by atoms with Crippen LogP contribution in [0.2, 0.25) is 0 Å². The second-order valence-corrected chi connectivity index (χ2v) is 3.47. The van der Waals surface area contributed by atoms with Crippen molar-refractivity contribution < 1.29 is 19.0 Å². The van der Waals surface area contributed by atoms with Gasteiger partial charge in [0.25, 0.3) is 0 Å². The zero-order valence-corrected chi connectivity index (χ0v) is 10.5. The predicted molar refractivity (Wildman–Crippen MR) is 64.8 cm³/mol. The molecule has 5 nitrogen and oxygen atoms in total. The quantitative estimate of drug-likeness (QED) is 0.725. The Labute approximate surface area is 101 Å².